The highest BCUT2D eigenvalue weighted by Crippen LogP contribution is 2.39. The summed E-state index contributed by atoms with van der Waals surface area (Å²) in [5.41, 5.74) is 8.88. The molecule has 5 atom stereocenters. The Kier molecular flexibility index (Phi) is 3.61. The van der Waals surface area contributed by atoms with Crippen molar-refractivity contribution in [3.63, 3.8) is 0 Å². The quantitative estimate of drug-likeness (QED) is 0.414. The minimum absolute atomic E-state index is 0.137. The predicted octanol–water partition coefficient (Wildman–Crippen LogP) is -1.58. The van der Waals surface area contributed by atoms with E-state index in [1.807, 2.05) is 0 Å². The topological polar surface area (TPSA) is 152 Å². The zero-order valence-electron chi connectivity index (χ0n) is 12.6. The second kappa shape index (κ2) is 5.29. The van der Waals surface area contributed by atoms with Gasteiger partial charge >= 0.3 is 0 Å². The number of aliphatic hydroxyl groups excluding tert-OH is 2. The summed E-state index contributed by atoms with van der Waals surface area (Å²) in [6.45, 7) is 1.39. The lowest BCUT2D eigenvalue weighted by atomic mass is 9.90. The molecule has 2 aromatic rings. The summed E-state index contributed by atoms with van der Waals surface area (Å²) in [5.74, 6) is 1.12. The van der Waals surface area contributed by atoms with Gasteiger partial charge < -0.3 is 26.4 Å². The van der Waals surface area contributed by atoms with Gasteiger partial charge in [-0.15, -0.1) is 6.42 Å². The van der Waals surface area contributed by atoms with Crippen molar-refractivity contribution in [3.8, 4) is 12.3 Å². The number of aromatic amines is 1. The van der Waals surface area contributed by atoms with Crippen molar-refractivity contribution in [2.75, 3.05) is 5.73 Å². The molecule has 0 aliphatic carbocycles. The van der Waals surface area contributed by atoms with Crippen LogP contribution in [0, 0.1) is 18.2 Å². The van der Waals surface area contributed by atoms with E-state index in [1.165, 1.54) is 6.92 Å². The molecule has 10 heteroatoms. The summed E-state index contributed by atoms with van der Waals surface area (Å²) >= 11 is 0. The van der Waals surface area contributed by atoms with Crippen LogP contribution in [-0.2, 0) is 4.74 Å². The molecule has 2 aromatic heterocycles. The SMILES string of the molecule is C#CC1(N)C(O)[C@@H]([C@H](C)O)O[C@H]1n1cc(F)c2c(=O)[nH]c(N)nc21. The lowest BCUT2D eigenvalue weighted by Crippen LogP contribution is -2.54. The fourth-order valence-corrected chi connectivity index (χ4v) is 2.89. The van der Waals surface area contributed by atoms with Gasteiger partial charge in [-0.3, -0.25) is 14.3 Å². The lowest BCUT2D eigenvalue weighted by Gasteiger charge is -2.27. The number of anilines is 1. The number of H-pyrrole nitrogens is 1. The number of hydrogen-bond acceptors (Lipinski definition) is 7. The molecule has 3 rings (SSSR count). The van der Waals surface area contributed by atoms with Crippen molar-refractivity contribution in [2.24, 2.45) is 5.73 Å². The minimum Gasteiger partial charge on any atom is -0.391 e. The lowest BCUT2D eigenvalue weighted by molar-refractivity contribution is -0.0756. The summed E-state index contributed by atoms with van der Waals surface area (Å²) < 4.78 is 20.8. The molecule has 24 heavy (non-hydrogen) atoms. The second-order valence-corrected chi connectivity index (χ2v) is 5.75. The molecule has 2 unspecified atom stereocenters. The molecular formula is C14H16FN5O4. The maximum Gasteiger partial charge on any atom is 0.264 e. The van der Waals surface area contributed by atoms with Gasteiger partial charge in [-0.05, 0) is 6.92 Å². The smallest absolute Gasteiger partial charge is 0.264 e. The van der Waals surface area contributed by atoms with Crippen LogP contribution in [0.1, 0.15) is 13.2 Å². The zero-order valence-corrected chi connectivity index (χ0v) is 12.6. The van der Waals surface area contributed by atoms with Crippen LogP contribution >= 0.6 is 0 Å². The van der Waals surface area contributed by atoms with E-state index < -0.39 is 41.5 Å². The van der Waals surface area contributed by atoms with Crippen molar-refractivity contribution in [1.82, 2.24) is 14.5 Å². The normalized spacial score (nSPS) is 31.2. The molecule has 1 fully saturated rings. The third kappa shape index (κ3) is 2.10. The molecule has 7 N–H and O–H groups in total. The Morgan fingerprint density at radius 3 is 2.92 bits per heavy atom. The van der Waals surface area contributed by atoms with Crippen molar-refractivity contribution in [3.05, 3.63) is 22.4 Å². The molecule has 128 valence electrons. The molecule has 0 bridgehead atoms. The van der Waals surface area contributed by atoms with Crippen LogP contribution in [-0.4, -0.2) is 48.6 Å². The summed E-state index contributed by atoms with van der Waals surface area (Å²) in [4.78, 5) is 18.0. The first-order valence-corrected chi connectivity index (χ1v) is 7.04. The van der Waals surface area contributed by atoms with Crippen molar-refractivity contribution >= 4 is 17.0 Å². The number of aromatic nitrogens is 3. The Morgan fingerprint density at radius 2 is 2.33 bits per heavy atom. The van der Waals surface area contributed by atoms with Crippen LogP contribution in [0.5, 0.6) is 0 Å². The summed E-state index contributed by atoms with van der Waals surface area (Å²) in [5, 5.41) is 19.7. The first-order chi connectivity index (χ1) is 11.2. The van der Waals surface area contributed by atoms with Gasteiger partial charge in [0.15, 0.2) is 23.2 Å². The van der Waals surface area contributed by atoms with E-state index in [0.717, 1.165) is 10.8 Å². The zero-order chi connectivity index (χ0) is 17.8. The monoisotopic (exact) mass is 337 g/mol. The third-order valence-electron chi connectivity index (χ3n) is 4.13. The number of aliphatic hydroxyl groups is 2. The number of rotatable bonds is 2. The van der Waals surface area contributed by atoms with Crippen molar-refractivity contribution < 1.29 is 19.3 Å². The molecule has 1 saturated heterocycles. The largest absolute Gasteiger partial charge is 0.391 e. The molecule has 0 aromatic carbocycles. The highest BCUT2D eigenvalue weighted by Gasteiger charge is 2.55. The molecule has 1 aliphatic rings. The van der Waals surface area contributed by atoms with Gasteiger partial charge in [0.25, 0.3) is 5.56 Å². The Balaban J connectivity index is 2.24. The average molecular weight is 337 g/mol. The van der Waals surface area contributed by atoms with Gasteiger partial charge in [-0.25, -0.2) is 4.39 Å². The van der Waals surface area contributed by atoms with Gasteiger partial charge in [0.05, 0.1) is 6.10 Å². The molecule has 0 amide bonds. The highest BCUT2D eigenvalue weighted by atomic mass is 19.1. The first-order valence-electron chi connectivity index (χ1n) is 7.04. The van der Waals surface area contributed by atoms with Crippen molar-refractivity contribution in [1.29, 1.82) is 0 Å². The van der Waals surface area contributed by atoms with Crippen LogP contribution in [0.3, 0.4) is 0 Å². The molecule has 0 saturated carbocycles. The van der Waals surface area contributed by atoms with E-state index >= 15 is 0 Å². The van der Waals surface area contributed by atoms with Gasteiger partial charge in [0.2, 0.25) is 5.95 Å². The van der Waals surface area contributed by atoms with Gasteiger partial charge in [0.1, 0.15) is 17.6 Å². The molecule has 3 heterocycles. The minimum atomic E-state index is -1.78. The van der Waals surface area contributed by atoms with E-state index in [4.69, 9.17) is 22.6 Å². The molecule has 0 spiro atoms. The van der Waals surface area contributed by atoms with E-state index in [-0.39, 0.29) is 17.0 Å². The molecule has 1 aliphatic heterocycles. The third-order valence-corrected chi connectivity index (χ3v) is 4.13. The number of halogens is 1. The number of fused-ring (bicyclic) bond motifs is 1. The van der Waals surface area contributed by atoms with Crippen LogP contribution < -0.4 is 17.0 Å². The number of ether oxygens (including phenoxy) is 1. The fourth-order valence-electron chi connectivity index (χ4n) is 2.89. The van der Waals surface area contributed by atoms with Gasteiger partial charge in [-0.2, -0.15) is 4.98 Å². The number of nitrogens with two attached hydrogens (primary N) is 2. The number of hydrogen-bond donors (Lipinski definition) is 5. The highest BCUT2D eigenvalue weighted by molar-refractivity contribution is 5.77. The fraction of sp³-hybridized carbons (Fsp3) is 0.429. The predicted molar refractivity (Wildman–Crippen MR) is 82.1 cm³/mol. The van der Waals surface area contributed by atoms with E-state index in [2.05, 4.69) is 15.9 Å². The number of nitrogens with zero attached hydrogens (tertiary/aromatic N) is 2. The summed E-state index contributed by atoms with van der Waals surface area (Å²) in [6, 6.07) is 0. The summed E-state index contributed by atoms with van der Waals surface area (Å²) in [7, 11) is 0. The maximum atomic E-state index is 14.2. The average Bonchev–Trinajstić information content (AvgIpc) is 2.95. The van der Waals surface area contributed by atoms with E-state index in [0.29, 0.717) is 0 Å². The Morgan fingerprint density at radius 1 is 1.67 bits per heavy atom. The Labute approximate surface area is 135 Å². The maximum absolute atomic E-state index is 14.2. The number of nitrogen functional groups attached to an aromatic ring is 1. The number of terminal acetylenes is 1. The molecule has 9 nitrogen and oxygen atoms in total. The Hall–Kier alpha value is -2.45. The van der Waals surface area contributed by atoms with Crippen LogP contribution in [0.2, 0.25) is 0 Å². The Bertz CT molecular complexity index is 901. The number of nitrogens with one attached hydrogen (secondary N) is 1. The van der Waals surface area contributed by atoms with Gasteiger partial charge in [0, 0.05) is 6.20 Å². The standard InChI is InChI=1S/C14H16FN5O4/c1-3-14(17)9(22)8(5(2)21)24-12(14)20-4-6(15)7-10(20)18-13(16)19-11(7)23/h1,4-5,8-9,12,21-22H,17H2,2H3,(H3,16,18,19,23)/t5-,8+,9?,12+,14?/m0/s1. The summed E-state index contributed by atoms with van der Waals surface area (Å²) in [6.07, 6.45) is 1.50. The van der Waals surface area contributed by atoms with E-state index in [9.17, 15) is 19.4 Å². The van der Waals surface area contributed by atoms with Crippen LogP contribution in [0.25, 0.3) is 11.0 Å². The first kappa shape index (κ1) is 16.4. The molecular weight excluding hydrogens is 321 g/mol. The van der Waals surface area contributed by atoms with Crippen molar-refractivity contribution in [2.45, 2.75) is 37.0 Å². The van der Waals surface area contributed by atoms with Crippen LogP contribution in [0.4, 0.5) is 10.3 Å². The van der Waals surface area contributed by atoms with Gasteiger partial charge in [-0.1, -0.05) is 5.92 Å². The van der Waals surface area contributed by atoms with Crippen LogP contribution in [0.15, 0.2) is 11.0 Å². The molecule has 0 radical (unpaired) electrons. The van der Waals surface area contributed by atoms with E-state index in [1.54, 1.807) is 0 Å². The second-order valence-electron chi connectivity index (χ2n) is 5.75.